The number of nitrogens with one attached hydrogen (secondary N) is 1. The van der Waals surface area contributed by atoms with Gasteiger partial charge >= 0.3 is 5.69 Å². The monoisotopic (exact) mass is 402 g/mol. The molecule has 8 heteroatoms. The molecule has 0 radical (unpaired) electrons. The van der Waals surface area contributed by atoms with Gasteiger partial charge in [0.1, 0.15) is 6.54 Å². The smallest absolute Gasteiger partial charge is 0.300 e. The van der Waals surface area contributed by atoms with Crippen LogP contribution in [-0.4, -0.2) is 20.0 Å². The molecule has 150 valence electrons. The second kappa shape index (κ2) is 7.66. The van der Waals surface area contributed by atoms with Crippen molar-refractivity contribution in [2.75, 3.05) is 5.32 Å². The Morgan fingerprint density at radius 1 is 1.14 bits per heavy atom. The van der Waals surface area contributed by atoms with Gasteiger partial charge < -0.3 is 5.32 Å². The van der Waals surface area contributed by atoms with Crippen LogP contribution in [0.5, 0.6) is 0 Å². The van der Waals surface area contributed by atoms with Crippen molar-refractivity contribution in [3.05, 3.63) is 42.7 Å². The number of amides is 1. The van der Waals surface area contributed by atoms with Crippen molar-refractivity contribution >= 4 is 22.4 Å². The van der Waals surface area contributed by atoms with E-state index in [2.05, 4.69) is 10.3 Å². The van der Waals surface area contributed by atoms with Crippen LogP contribution in [0.2, 0.25) is 0 Å². The minimum atomic E-state index is -0.334. The standard InChI is InChI=1S/C20H26N4O3S/c1-12-13(2)28-19(21-12)22-17(25)11-23-16-10-6-9-15(16)18(26)24(20(23)27)14-7-4-3-5-8-14/h14H,3-11H2,1-2H3,(H,21,22,25). The highest BCUT2D eigenvalue weighted by atomic mass is 32.1. The fourth-order valence-corrected chi connectivity index (χ4v) is 5.22. The molecule has 2 aliphatic rings. The summed E-state index contributed by atoms with van der Waals surface area (Å²) in [4.78, 5) is 44.2. The van der Waals surface area contributed by atoms with Crippen LogP contribution in [0.1, 0.15) is 66.4 Å². The van der Waals surface area contributed by atoms with Gasteiger partial charge in [0.05, 0.1) is 5.69 Å². The Balaban J connectivity index is 1.68. The predicted octanol–water partition coefficient (Wildman–Crippen LogP) is 2.72. The minimum absolute atomic E-state index is 0.0433. The van der Waals surface area contributed by atoms with Crippen LogP contribution in [-0.2, 0) is 24.2 Å². The number of fused-ring (bicyclic) bond motifs is 1. The van der Waals surface area contributed by atoms with Crippen molar-refractivity contribution in [2.45, 2.75) is 77.8 Å². The van der Waals surface area contributed by atoms with Gasteiger partial charge in [-0.15, -0.1) is 11.3 Å². The average molecular weight is 403 g/mol. The molecule has 1 saturated carbocycles. The van der Waals surface area contributed by atoms with Crippen molar-refractivity contribution in [1.82, 2.24) is 14.1 Å². The Morgan fingerprint density at radius 2 is 1.89 bits per heavy atom. The van der Waals surface area contributed by atoms with Gasteiger partial charge in [0.2, 0.25) is 5.91 Å². The molecule has 1 amide bonds. The number of thiazole rings is 1. The molecular weight excluding hydrogens is 376 g/mol. The Morgan fingerprint density at radius 3 is 2.57 bits per heavy atom. The first kappa shape index (κ1) is 19.1. The van der Waals surface area contributed by atoms with Gasteiger partial charge in [0, 0.05) is 22.2 Å². The van der Waals surface area contributed by atoms with Gasteiger partial charge in [-0.1, -0.05) is 19.3 Å². The number of anilines is 1. The van der Waals surface area contributed by atoms with Crippen molar-refractivity contribution in [2.24, 2.45) is 0 Å². The minimum Gasteiger partial charge on any atom is -0.300 e. The maximum absolute atomic E-state index is 13.2. The molecular formula is C20H26N4O3S. The summed E-state index contributed by atoms with van der Waals surface area (Å²) in [7, 11) is 0. The third kappa shape index (κ3) is 3.45. The van der Waals surface area contributed by atoms with Gasteiger partial charge in [0.25, 0.3) is 5.56 Å². The van der Waals surface area contributed by atoms with E-state index in [9.17, 15) is 14.4 Å². The quantitative estimate of drug-likeness (QED) is 0.852. The summed E-state index contributed by atoms with van der Waals surface area (Å²) in [6.07, 6.45) is 7.16. The van der Waals surface area contributed by atoms with Crippen LogP contribution in [0.15, 0.2) is 9.59 Å². The molecule has 1 N–H and O–H groups in total. The van der Waals surface area contributed by atoms with Crippen molar-refractivity contribution < 1.29 is 4.79 Å². The van der Waals surface area contributed by atoms with Crippen molar-refractivity contribution in [1.29, 1.82) is 0 Å². The number of hydrogen-bond acceptors (Lipinski definition) is 5. The van der Waals surface area contributed by atoms with Crippen LogP contribution in [0.3, 0.4) is 0 Å². The lowest BCUT2D eigenvalue weighted by Crippen LogP contribution is -2.46. The normalized spacial score (nSPS) is 16.9. The van der Waals surface area contributed by atoms with Gasteiger partial charge in [0.15, 0.2) is 5.13 Å². The van der Waals surface area contributed by atoms with Crippen LogP contribution in [0.4, 0.5) is 5.13 Å². The summed E-state index contributed by atoms with van der Waals surface area (Å²) in [6, 6.07) is -0.0433. The van der Waals surface area contributed by atoms with E-state index in [0.717, 1.165) is 60.4 Å². The molecule has 7 nitrogen and oxygen atoms in total. The zero-order valence-electron chi connectivity index (χ0n) is 16.4. The first-order chi connectivity index (χ1) is 13.5. The van der Waals surface area contributed by atoms with E-state index < -0.39 is 0 Å². The molecule has 2 aromatic heterocycles. The van der Waals surface area contributed by atoms with E-state index in [4.69, 9.17) is 0 Å². The molecule has 0 aliphatic heterocycles. The Bertz CT molecular complexity index is 1010. The van der Waals surface area contributed by atoms with Crippen molar-refractivity contribution in [3.8, 4) is 0 Å². The molecule has 0 aromatic carbocycles. The van der Waals surface area contributed by atoms with Crippen LogP contribution in [0.25, 0.3) is 0 Å². The van der Waals surface area contributed by atoms with E-state index >= 15 is 0 Å². The number of aromatic nitrogens is 3. The highest BCUT2D eigenvalue weighted by Crippen LogP contribution is 2.27. The van der Waals surface area contributed by atoms with Gasteiger partial charge in [-0.25, -0.2) is 9.78 Å². The molecule has 0 atom stereocenters. The summed E-state index contributed by atoms with van der Waals surface area (Å²) < 4.78 is 2.97. The van der Waals surface area contributed by atoms with E-state index in [-0.39, 0.29) is 29.7 Å². The van der Waals surface area contributed by atoms with E-state index in [1.807, 2.05) is 13.8 Å². The Kier molecular flexibility index (Phi) is 5.23. The van der Waals surface area contributed by atoms with Gasteiger partial charge in [-0.05, 0) is 46.0 Å². The number of rotatable bonds is 4. The SMILES string of the molecule is Cc1nc(NC(=O)Cn2c3c(c(=O)n(C4CCCCC4)c2=O)CCC3)sc1C. The van der Waals surface area contributed by atoms with Crippen LogP contribution >= 0.6 is 11.3 Å². The molecule has 28 heavy (non-hydrogen) atoms. The molecule has 0 saturated heterocycles. The van der Waals surface area contributed by atoms with Crippen LogP contribution < -0.4 is 16.6 Å². The second-order valence-corrected chi connectivity index (χ2v) is 9.03. The Hall–Kier alpha value is -2.22. The molecule has 2 aromatic rings. The second-order valence-electron chi connectivity index (χ2n) is 7.82. The lowest BCUT2D eigenvalue weighted by Gasteiger charge is -2.25. The lowest BCUT2D eigenvalue weighted by molar-refractivity contribution is -0.116. The molecule has 0 bridgehead atoms. The highest BCUT2D eigenvalue weighted by Gasteiger charge is 2.28. The first-order valence-corrected chi connectivity index (χ1v) is 10.9. The summed E-state index contributed by atoms with van der Waals surface area (Å²) in [5.74, 6) is -0.279. The molecule has 0 unspecified atom stereocenters. The van der Waals surface area contributed by atoms with Crippen molar-refractivity contribution in [3.63, 3.8) is 0 Å². The number of aryl methyl sites for hydroxylation is 2. The number of carbonyl (C=O) groups is 1. The Labute approximate surface area is 167 Å². The summed E-state index contributed by atoms with van der Waals surface area (Å²) >= 11 is 1.43. The first-order valence-electron chi connectivity index (χ1n) is 10.1. The highest BCUT2D eigenvalue weighted by molar-refractivity contribution is 7.15. The molecule has 4 rings (SSSR count). The third-order valence-electron chi connectivity index (χ3n) is 5.94. The molecule has 2 aliphatic carbocycles. The number of nitrogens with zero attached hydrogens (tertiary/aromatic N) is 3. The number of carbonyl (C=O) groups excluding carboxylic acids is 1. The molecule has 1 fully saturated rings. The van der Waals surface area contributed by atoms with Gasteiger partial charge in [-0.2, -0.15) is 0 Å². The number of hydrogen-bond donors (Lipinski definition) is 1. The topological polar surface area (TPSA) is 86.0 Å². The molecule has 0 spiro atoms. The fraction of sp³-hybridized carbons (Fsp3) is 0.600. The largest absolute Gasteiger partial charge is 0.331 e. The van der Waals surface area contributed by atoms with E-state index in [1.54, 1.807) is 0 Å². The predicted molar refractivity (Wildman–Crippen MR) is 109 cm³/mol. The fourth-order valence-electron chi connectivity index (χ4n) is 4.39. The maximum Gasteiger partial charge on any atom is 0.331 e. The zero-order valence-corrected chi connectivity index (χ0v) is 17.2. The summed E-state index contributed by atoms with van der Waals surface area (Å²) in [5.41, 5.74) is 1.89. The van der Waals surface area contributed by atoms with Gasteiger partial charge in [-0.3, -0.25) is 18.7 Å². The average Bonchev–Trinajstić information content (AvgIpc) is 3.27. The third-order valence-corrected chi connectivity index (χ3v) is 6.93. The lowest BCUT2D eigenvalue weighted by atomic mass is 9.95. The zero-order chi connectivity index (χ0) is 19.8. The molecule has 2 heterocycles. The van der Waals surface area contributed by atoms with E-state index in [0.29, 0.717) is 18.0 Å². The van der Waals surface area contributed by atoms with Crippen LogP contribution in [0, 0.1) is 13.8 Å². The summed E-state index contributed by atoms with van der Waals surface area (Å²) in [6.45, 7) is 3.78. The maximum atomic E-state index is 13.2. The van der Waals surface area contributed by atoms with E-state index in [1.165, 1.54) is 20.5 Å². The summed E-state index contributed by atoms with van der Waals surface area (Å²) in [5, 5.41) is 3.35.